The van der Waals surface area contributed by atoms with Crippen LogP contribution in [0.5, 0.6) is 0 Å². The van der Waals surface area contributed by atoms with Crippen LogP contribution in [0.4, 0.5) is 4.39 Å². The number of halogens is 1. The van der Waals surface area contributed by atoms with Gasteiger partial charge in [0.2, 0.25) is 0 Å². The van der Waals surface area contributed by atoms with Gasteiger partial charge in [-0.3, -0.25) is 9.18 Å². The van der Waals surface area contributed by atoms with Crippen molar-refractivity contribution in [3.63, 3.8) is 0 Å². The molecule has 2 N–H and O–H groups in total. The number of rotatable bonds is 6. The number of carboxylic acids is 1. The van der Waals surface area contributed by atoms with Crippen LogP contribution in [0.2, 0.25) is 0 Å². The first kappa shape index (κ1) is 10.4. The van der Waals surface area contributed by atoms with Gasteiger partial charge < -0.3 is 10.2 Å². The SMILES string of the molecule is O=C(O)C[C@H](O)CCCCF. The fourth-order valence-corrected chi connectivity index (χ4v) is 0.778. The molecule has 0 bridgehead atoms. The van der Waals surface area contributed by atoms with Crippen LogP contribution in [0.15, 0.2) is 0 Å². The molecular formula is C7H13FO3. The summed E-state index contributed by atoms with van der Waals surface area (Å²) >= 11 is 0. The molecule has 0 rings (SSSR count). The average molecular weight is 164 g/mol. The van der Waals surface area contributed by atoms with E-state index >= 15 is 0 Å². The molecule has 3 nitrogen and oxygen atoms in total. The lowest BCUT2D eigenvalue weighted by Gasteiger charge is -2.05. The third-order valence-electron chi connectivity index (χ3n) is 1.33. The molecule has 0 fully saturated rings. The van der Waals surface area contributed by atoms with Crippen molar-refractivity contribution in [3.8, 4) is 0 Å². The van der Waals surface area contributed by atoms with Crippen molar-refractivity contribution in [2.24, 2.45) is 0 Å². The number of carbonyl (C=O) groups is 1. The molecule has 4 heteroatoms. The Morgan fingerprint density at radius 1 is 1.45 bits per heavy atom. The first-order valence-electron chi connectivity index (χ1n) is 3.62. The highest BCUT2D eigenvalue weighted by Crippen LogP contribution is 2.04. The molecule has 0 aromatic rings. The fraction of sp³-hybridized carbons (Fsp3) is 0.857. The van der Waals surface area contributed by atoms with Gasteiger partial charge in [-0.05, 0) is 19.3 Å². The maximum absolute atomic E-state index is 11.5. The number of hydrogen-bond donors (Lipinski definition) is 2. The Bertz CT molecular complexity index is 116. The Hall–Kier alpha value is -0.640. The van der Waals surface area contributed by atoms with Crippen LogP contribution in [-0.2, 0) is 4.79 Å². The van der Waals surface area contributed by atoms with Crippen LogP contribution in [0, 0.1) is 0 Å². The Balaban J connectivity index is 3.22. The molecule has 0 aliphatic carbocycles. The quantitative estimate of drug-likeness (QED) is 0.575. The smallest absolute Gasteiger partial charge is 0.305 e. The first-order chi connectivity index (χ1) is 5.16. The molecule has 0 radical (unpaired) electrons. The summed E-state index contributed by atoms with van der Waals surface area (Å²) in [6, 6.07) is 0. The third kappa shape index (κ3) is 7.25. The van der Waals surface area contributed by atoms with Crippen molar-refractivity contribution in [3.05, 3.63) is 0 Å². The van der Waals surface area contributed by atoms with Gasteiger partial charge in [-0.15, -0.1) is 0 Å². The normalized spacial score (nSPS) is 12.9. The van der Waals surface area contributed by atoms with Crippen LogP contribution in [0.1, 0.15) is 25.7 Å². The van der Waals surface area contributed by atoms with E-state index in [1.165, 1.54) is 0 Å². The maximum atomic E-state index is 11.5. The number of alkyl halides is 1. The van der Waals surface area contributed by atoms with Crippen LogP contribution in [0.25, 0.3) is 0 Å². The van der Waals surface area contributed by atoms with Gasteiger partial charge in [0.15, 0.2) is 0 Å². The highest BCUT2D eigenvalue weighted by atomic mass is 19.1. The van der Waals surface area contributed by atoms with E-state index < -0.39 is 18.7 Å². The molecule has 0 saturated heterocycles. The second-order valence-electron chi connectivity index (χ2n) is 2.44. The molecule has 11 heavy (non-hydrogen) atoms. The van der Waals surface area contributed by atoms with E-state index in [0.717, 1.165) is 0 Å². The van der Waals surface area contributed by atoms with E-state index in [1.54, 1.807) is 0 Å². The summed E-state index contributed by atoms with van der Waals surface area (Å²) in [5.74, 6) is -1.02. The molecule has 0 aliphatic heterocycles. The summed E-state index contributed by atoms with van der Waals surface area (Å²) in [5, 5.41) is 17.1. The van der Waals surface area contributed by atoms with Crippen molar-refractivity contribution in [1.29, 1.82) is 0 Å². The van der Waals surface area contributed by atoms with Crippen LogP contribution < -0.4 is 0 Å². The number of unbranched alkanes of at least 4 members (excludes halogenated alkanes) is 1. The molecule has 0 spiro atoms. The number of aliphatic hydroxyl groups excluding tert-OH is 1. The summed E-state index contributed by atoms with van der Waals surface area (Å²) in [7, 11) is 0. The van der Waals surface area contributed by atoms with Crippen LogP contribution in [0.3, 0.4) is 0 Å². The lowest BCUT2D eigenvalue weighted by atomic mass is 10.1. The zero-order chi connectivity index (χ0) is 8.69. The summed E-state index contributed by atoms with van der Waals surface area (Å²) in [6.07, 6.45) is 0.253. The molecular weight excluding hydrogens is 151 g/mol. The Kier molecular flexibility index (Phi) is 5.74. The van der Waals surface area contributed by atoms with Gasteiger partial charge in [-0.25, -0.2) is 0 Å². The summed E-state index contributed by atoms with van der Waals surface area (Å²) in [4.78, 5) is 10.0. The summed E-state index contributed by atoms with van der Waals surface area (Å²) < 4.78 is 11.5. The molecule has 0 unspecified atom stereocenters. The van der Waals surface area contributed by atoms with Gasteiger partial charge in [-0.2, -0.15) is 0 Å². The second-order valence-corrected chi connectivity index (χ2v) is 2.44. The summed E-state index contributed by atoms with van der Waals surface area (Å²) in [6.45, 7) is -0.403. The first-order valence-corrected chi connectivity index (χ1v) is 3.62. The third-order valence-corrected chi connectivity index (χ3v) is 1.33. The van der Waals surface area contributed by atoms with Crippen molar-refractivity contribution < 1.29 is 19.4 Å². The minimum Gasteiger partial charge on any atom is -0.481 e. The minimum absolute atomic E-state index is 0.244. The standard InChI is InChI=1S/C7H13FO3/c8-4-2-1-3-6(9)5-7(10)11/h6,9H,1-5H2,(H,10,11)/t6-/m1/s1. The van der Waals surface area contributed by atoms with E-state index in [0.29, 0.717) is 19.3 Å². The summed E-state index contributed by atoms with van der Waals surface area (Å²) in [5.41, 5.74) is 0. The number of carboxylic acid groups (broad SMARTS) is 1. The monoisotopic (exact) mass is 164 g/mol. The van der Waals surface area contributed by atoms with E-state index in [1.807, 2.05) is 0 Å². The number of aliphatic hydroxyl groups is 1. The molecule has 0 amide bonds. The predicted molar refractivity (Wildman–Crippen MR) is 38.1 cm³/mol. The number of aliphatic carboxylic acids is 1. The Morgan fingerprint density at radius 3 is 2.55 bits per heavy atom. The van der Waals surface area contributed by atoms with Crippen molar-refractivity contribution in [2.75, 3.05) is 6.67 Å². The van der Waals surface area contributed by atoms with Crippen molar-refractivity contribution in [2.45, 2.75) is 31.8 Å². The molecule has 66 valence electrons. The lowest BCUT2D eigenvalue weighted by molar-refractivity contribution is -0.139. The molecule has 0 heterocycles. The lowest BCUT2D eigenvalue weighted by Crippen LogP contribution is -2.12. The molecule has 0 aromatic carbocycles. The van der Waals surface area contributed by atoms with Gasteiger partial charge in [0, 0.05) is 0 Å². The van der Waals surface area contributed by atoms with Gasteiger partial charge in [0.1, 0.15) is 0 Å². The molecule has 0 aromatic heterocycles. The predicted octanol–water partition coefficient (Wildman–Crippen LogP) is 0.962. The molecule has 1 atom stereocenters. The minimum atomic E-state index is -1.02. The van der Waals surface area contributed by atoms with Crippen molar-refractivity contribution in [1.82, 2.24) is 0 Å². The van der Waals surface area contributed by atoms with E-state index in [9.17, 15) is 9.18 Å². The number of hydrogen-bond acceptors (Lipinski definition) is 2. The van der Waals surface area contributed by atoms with Gasteiger partial charge in [-0.1, -0.05) is 0 Å². The van der Waals surface area contributed by atoms with E-state index in [-0.39, 0.29) is 6.42 Å². The largest absolute Gasteiger partial charge is 0.481 e. The van der Waals surface area contributed by atoms with Gasteiger partial charge in [0.25, 0.3) is 0 Å². The van der Waals surface area contributed by atoms with E-state index in [4.69, 9.17) is 10.2 Å². The van der Waals surface area contributed by atoms with Gasteiger partial charge >= 0.3 is 5.97 Å². The van der Waals surface area contributed by atoms with Crippen molar-refractivity contribution >= 4 is 5.97 Å². The maximum Gasteiger partial charge on any atom is 0.305 e. The Morgan fingerprint density at radius 2 is 2.09 bits per heavy atom. The molecule has 0 aliphatic rings. The van der Waals surface area contributed by atoms with Crippen LogP contribution >= 0.6 is 0 Å². The second kappa shape index (κ2) is 6.09. The zero-order valence-electron chi connectivity index (χ0n) is 6.29. The zero-order valence-corrected chi connectivity index (χ0v) is 6.29. The van der Waals surface area contributed by atoms with Crippen LogP contribution in [-0.4, -0.2) is 29.0 Å². The Labute approximate surface area is 64.8 Å². The molecule has 0 saturated carbocycles. The van der Waals surface area contributed by atoms with E-state index in [2.05, 4.69) is 0 Å². The fourth-order valence-electron chi connectivity index (χ4n) is 0.778. The average Bonchev–Trinajstić information content (AvgIpc) is 1.86. The highest BCUT2D eigenvalue weighted by molar-refractivity contribution is 5.67. The highest BCUT2D eigenvalue weighted by Gasteiger charge is 2.07. The van der Waals surface area contributed by atoms with Gasteiger partial charge in [0.05, 0.1) is 19.2 Å². The topological polar surface area (TPSA) is 57.5 Å².